The number of nitrogens with zero attached hydrogens (tertiary/aromatic N) is 1. The zero-order chi connectivity index (χ0) is 18.9. The molecule has 4 N–H and O–H groups in total. The molecule has 0 heterocycles. The van der Waals surface area contributed by atoms with Crippen molar-refractivity contribution >= 4 is 24.5 Å². The molecule has 5 nitrogen and oxygen atoms in total. The fraction of sp³-hybridized carbons (Fsp3) is 0.611. The van der Waals surface area contributed by atoms with Crippen molar-refractivity contribution in [2.75, 3.05) is 13.6 Å². The molecule has 0 bridgehead atoms. The van der Waals surface area contributed by atoms with Gasteiger partial charge in [0, 0.05) is 11.6 Å². The molecule has 140 valence electrons. The Kier molecular flexibility index (Phi) is 9.50. The van der Waals surface area contributed by atoms with Gasteiger partial charge in [-0.2, -0.15) is 0 Å². The van der Waals surface area contributed by atoms with E-state index >= 15 is 0 Å². The predicted octanol–water partition coefficient (Wildman–Crippen LogP) is 3.12. The third kappa shape index (κ3) is 8.72. The molecule has 0 amide bonds. The summed E-state index contributed by atoms with van der Waals surface area (Å²) in [6.07, 6.45) is 3.78. The van der Waals surface area contributed by atoms with Gasteiger partial charge in [-0.3, -0.25) is 4.79 Å². The number of rotatable bonds is 12. The van der Waals surface area contributed by atoms with Gasteiger partial charge >= 0.3 is 5.97 Å². The second kappa shape index (κ2) is 10.8. The quantitative estimate of drug-likeness (QED) is 0.390. The molecule has 7 heteroatoms. The molecule has 1 aromatic carbocycles. The highest BCUT2D eigenvalue weighted by Crippen LogP contribution is 2.20. The van der Waals surface area contributed by atoms with E-state index in [1.54, 1.807) is 6.82 Å². The van der Waals surface area contributed by atoms with E-state index in [1.807, 2.05) is 31.3 Å². The van der Waals surface area contributed by atoms with Crippen LogP contribution in [0, 0.1) is 0 Å². The normalized spacial score (nSPS) is 13.7. The highest BCUT2D eigenvalue weighted by Gasteiger charge is 2.32. The molecule has 1 atom stereocenters. The van der Waals surface area contributed by atoms with Crippen LogP contribution in [0.25, 0.3) is 0 Å². The van der Waals surface area contributed by atoms with Gasteiger partial charge in [0.1, 0.15) is 5.54 Å². The van der Waals surface area contributed by atoms with E-state index in [0.29, 0.717) is 25.6 Å². The Morgan fingerprint density at radius 2 is 2.00 bits per heavy atom. The second-order valence-electron chi connectivity index (χ2n) is 7.03. The summed E-state index contributed by atoms with van der Waals surface area (Å²) in [5.74, 6) is -0.943. The monoisotopic (exact) mass is 368 g/mol. The first-order chi connectivity index (χ1) is 11.7. The number of benzene rings is 1. The number of carboxylic acids is 1. The molecule has 25 heavy (non-hydrogen) atoms. The van der Waals surface area contributed by atoms with E-state index in [1.165, 1.54) is 0 Å². The number of carboxylic acid groups (broad SMARTS) is 1. The van der Waals surface area contributed by atoms with Gasteiger partial charge in [0.15, 0.2) is 0 Å². The molecule has 0 aliphatic carbocycles. The minimum absolute atomic E-state index is 0.350. The maximum atomic E-state index is 11.6. The van der Waals surface area contributed by atoms with Gasteiger partial charge in [-0.1, -0.05) is 43.4 Å². The van der Waals surface area contributed by atoms with Crippen molar-refractivity contribution in [1.82, 2.24) is 4.90 Å². The fourth-order valence-electron chi connectivity index (χ4n) is 2.91. The van der Waals surface area contributed by atoms with Crippen LogP contribution in [0.3, 0.4) is 0 Å². The fourth-order valence-corrected chi connectivity index (χ4v) is 3.12. The molecule has 0 saturated carbocycles. The number of nitrogens with two attached hydrogens (primary N) is 1. The molecule has 0 fully saturated rings. The molecule has 1 unspecified atom stereocenters. The molecular formula is C18H30BClN2O3. The molecule has 1 rings (SSSR count). The summed E-state index contributed by atoms with van der Waals surface area (Å²) in [5, 5.41) is 19.5. The van der Waals surface area contributed by atoms with Crippen LogP contribution in [0.4, 0.5) is 0 Å². The minimum Gasteiger partial charge on any atom is -0.480 e. The maximum Gasteiger partial charge on any atom is 0.323 e. The largest absolute Gasteiger partial charge is 0.480 e. The van der Waals surface area contributed by atoms with E-state index in [0.717, 1.165) is 36.5 Å². The van der Waals surface area contributed by atoms with Crippen molar-refractivity contribution in [1.29, 1.82) is 0 Å². The van der Waals surface area contributed by atoms with Gasteiger partial charge in [0.2, 0.25) is 0 Å². The molecule has 0 aromatic heterocycles. The Labute approximate surface area is 156 Å². The van der Waals surface area contributed by atoms with Crippen LogP contribution in [0.15, 0.2) is 24.3 Å². The number of hydrogen-bond donors (Lipinski definition) is 3. The summed E-state index contributed by atoms with van der Waals surface area (Å²) >= 11 is 5.99. The van der Waals surface area contributed by atoms with Crippen molar-refractivity contribution in [3.63, 3.8) is 0 Å². The highest BCUT2D eigenvalue weighted by atomic mass is 35.5. The lowest BCUT2D eigenvalue weighted by Crippen LogP contribution is -2.48. The molecule has 1 aromatic rings. The third-order valence-corrected chi connectivity index (χ3v) is 4.66. The Morgan fingerprint density at radius 3 is 2.60 bits per heavy atom. The molecule has 0 saturated heterocycles. The summed E-state index contributed by atoms with van der Waals surface area (Å²) in [4.78, 5) is 13.7. The summed E-state index contributed by atoms with van der Waals surface area (Å²) in [5.41, 5.74) is 6.06. The summed E-state index contributed by atoms with van der Waals surface area (Å²) in [7, 11) is 2.00. The number of carbonyl (C=O) groups is 1. The Morgan fingerprint density at radius 1 is 1.32 bits per heavy atom. The van der Waals surface area contributed by atoms with Crippen LogP contribution >= 0.6 is 11.6 Å². The van der Waals surface area contributed by atoms with E-state index in [-0.39, 0.29) is 6.92 Å². The van der Waals surface area contributed by atoms with Crippen molar-refractivity contribution in [3.05, 3.63) is 34.9 Å². The Bertz CT molecular complexity index is 545. The third-order valence-electron chi connectivity index (χ3n) is 4.42. The standard InChI is InChI=1S/C18H30BClN2O3/c1-19(25)11-4-3-9-18(21,17(23)24)10-6-12-22(2)14-15-7-5-8-16(20)13-15/h5,7-8,13,25H,3-4,6,9-12,14,21H2,1-2H3,(H,23,24). The van der Waals surface area contributed by atoms with E-state index < -0.39 is 11.5 Å². The zero-order valence-electron chi connectivity index (χ0n) is 15.2. The molecule has 0 aliphatic heterocycles. The average molecular weight is 369 g/mol. The summed E-state index contributed by atoms with van der Waals surface area (Å²) < 4.78 is 0. The summed E-state index contributed by atoms with van der Waals surface area (Å²) in [6.45, 7) is 2.92. The highest BCUT2D eigenvalue weighted by molar-refractivity contribution is 6.48. The average Bonchev–Trinajstić information content (AvgIpc) is 2.51. The molecule has 0 aliphatic rings. The van der Waals surface area contributed by atoms with Gasteiger partial charge in [0.05, 0.1) is 0 Å². The van der Waals surface area contributed by atoms with Crippen LogP contribution in [0.2, 0.25) is 18.2 Å². The zero-order valence-corrected chi connectivity index (χ0v) is 16.0. The van der Waals surface area contributed by atoms with Crippen molar-refractivity contribution in [2.45, 2.75) is 57.3 Å². The van der Waals surface area contributed by atoms with Crippen molar-refractivity contribution in [2.24, 2.45) is 5.73 Å². The first kappa shape index (κ1) is 22.0. The van der Waals surface area contributed by atoms with Gasteiger partial charge in [-0.25, -0.2) is 0 Å². The van der Waals surface area contributed by atoms with Crippen LogP contribution in [-0.4, -0.2) is 47.0 Å². The first-order valence-corrected chi connectivity index (χ1v) is 9.24. The topological polar surface area (TPSA) is 86.8 Å². The van der Waals surface area contributed by atoms with Gasteiger partial charge in [-0.15, -0.1) is 0 Å². The number of aliphatic carboxylic acids is 1. The van der Waals surface area contributed by atoms with E-state index in [4.69, 9.17) is 17.3 Å². The lowest BCUT2D eigenvalue weighted by atomic mass is 9.66. The van der Waals surface area contributed by atoms with Crippen molar-refractivity contribution in [3.8, 4) is 0 Å². The molecular weight excluding hydrogens is 338 g/mol. The number of hydrogen-bond acceptors (Lipinski definition) is 4. The van der Waals surface area contributed by atoms with Crippen LogP contribution in [0.5, 0.6) is 0 Å². The lowest BCUT2D eigenvalue weighted by Gasteiger charge is -2.26. The SMILES string of the molecule is CB(O)CCCCC(N)(CCCN(C)Cc1cccc(Cl)c1)C(=O)O. The van der Waals surface area contributed by atoms with Gasteiger partial charge in [-0.05, 0) is 56.9 Å². The molecule has 0 spiro atoms. The lowest BCUT2D eigenvalue weighted by molar-refractivity contribution is -0.144. The van der Waals surface area contributed by atoms with Crippen LogP contribution < -0.4 is 5.73 Å². The van der Waals surface area contributed by atoms with Gasteiger partial charge in [0.25, 0.3) is 6.92 Å². The van der Waals surface area contributed by atoms with Crippen LogP contribution in [0.1, 0.15) is 37.7 Å². The minimum atomic E-state index is -1.18. The van der Waals surface area contributed by atoms with Crippen LogP contribution in [-0.2, 0) is 11.3 Å². The number of halogens is 1. The predicted molar refractivity (Wildman–Crippen MR) is 104 cm³/mol. The maximum absolute atomic E-state index is 11.6. The smallest absolute Gasteiger partial charge is 0.323 e. The second-order valence-corrected chi connectivity index (χ2v) is 7.46. The van der Waals surface area contributed by atoms with Gasteiger partial charge < -0.3 is 20.8 Å². The number of unbranched alkanes of at least 4 members (excludes halogenated alkanes) is 1. The summed E-state index contributed by atoms with van der Waals surface area (Å²) in [6, 6.07) is 7.73. The first-order valence-electron chi connectivity index (χ1n) is 8.86. The Balaban J connectivity index is 2.39. The Hall–Kier alpha value is -1.08. The van der Waals surface area contributed by atoms with Crippen molar-refractivity contribution < 1.29 is 14.9 Å². The van der Waals surface area contributed by atoms with E-state index in [2.05, 4.69) is 4.90 Å². The van der Waals surface area contributed by atoms with E-state index in [9.17, 15) is 14.9 Å². The molecule has 0 radical (unpaired) electrons.